The molecule has 1 heterocycles. The largest absolute Gasteiger partial charge is 0.383 e. The van der Waals surface area contributed by atoms with Crippen LogP contribution in [-0.2, 0) is 0 Å². The van der Waals surface area contributed by atoms with Crippen LogP contribution < -0.4 is 11.1 Å². The number of rotatable bonds is 7. The van der Waals surface area contributed by atoms with Crippen molar-refractivity contribution in [3.63, 3.8) is 0 Å². The molecule has 3 N–H and O–H groups in total. The van der Waals surface area contributed by atoms with Gasteiger partial charge in [-0.3, -0.25) is 0 Å². The summed E-state index contributed by atoms with van der Waals surface area (Å²) in [6.07, 6.45) is 5.20. The Hall–Kier alpha value is -0.770. The van der Waals surface area contributed by atoms with Crippen molar-refractivity contribution in [1.29, 1.82) is 0 Å². The Morgan fingerprint density at radius 3 is 2.75 bits per heavy atom. The van der Waals surface area contributed by atoms with E-state index in [1.54, 1.807) is 0 Å². The van der Waals surface area contributed by atoms with Gasteiger partial charge in [0.25, 0.3) is 0 Å². The van der Waals surface area contributed by atoms with Crippen molar-refractivity contribution in [3.05, 3.63) is 6.07 Å². The quantitative estimate of drug-likeness (QED) is 0.715. The average Bonchev–Trinajstić information content (AvgIpc) is 2.62. The summed E-state index contributed by atoms with van der Waals surface area (Å²) in [5, 5.41) is 4.48. The lowest BCUT2D eigenvalue weighted by molar-refractivity contribution is 0.343. The fraction of sp³-hybridized carbons (Fsp3) is 0.750. The number of nitrogens with zero attached hydrogens (tertiary/aromatic N) is 1. The summed E-state index contributed by atoms with van der Waals surface area (Å²) in [7, 11) is 0. The van der Waals surface area contributed by atoms with Crippen LogP contribution in [0, 0.1) is 5.41 Å². The first-order valence-electron chi connectivity index (χ1n) is 5.99. The molecule has 1 aromatic heterocycles. The maximum atomic E-state index is 5.58. The number of anilines is 2. The normalized spacial score (nSPS) is 11.7. The first-order valence-corrected chi connectivity index (χ1v) is 6.77. The molecule has 0 bridgehead atoms. The van der Waals surface area contributed by atoms with E-state index in [-0.39, 0.29) is 0 Å². The van der Waals surface area contributed by atoms with Crippen molar-refractivity contribution in [2.75, 3.05) is 17.6 Å². The van der Waals surface area contributed by atoms with Crippen LogP contribution in [0.3, 0.4) is 0 Å². The highest BCUT2D eigenvalue weighted by atomic mass is 32.1. The van der Waals surface area contributed by atoms with Gasteiger partial charge in [0.15, 0.2) is 0 Å². The van der Waals surface area contributed by atoms with Gasteiger partial charge in [-0.15, -0.1) is 0 Å². The highest BCUT2D eigenvalue weighted by molar-refractivity contribution is 7.10. The van der Waals surface area contributed by atoms with Crippen molar-refractivity contribution in [3.8, 4) is 0 Å². The van der Waals surface area contributed by atoms with Crippen LogP contribution in [0.2, 0.25) is 0 Å². The topological polar surface area (TPSA) is 50.9 Å². The van der Waals surface area contributed by atoms with E-state index in [9.17, 15) is 0 Å². The zero-order valence-electron chi connectivity index (χ0n) is 10.5. The maximum absolute atomic E-state index is 5.58. The average molecular weight is 241 g/mol. The molecule has 16 heavy (non-hydrogen) atoms. The Balaban J connectivity index is 2.29. The predicted molar refractivity (Wildman–Crippen MR) is 72.9 cm³/mol. The molecule has 0 aliphatic rings. The van der Waals surface area contributed by atoms with Crippen LogP contribution in [0.15, 0.2) is 6.07 Å². The zero-order valence-corrected chi connectivity index (χ0v) is 11.4. The molecule has 92 valence electrons. The molecule has 0 aliphatic heterocycles. The SMILES string of the molecule is CCCCCC(C)(C)CNc1cc(N)ns1. The Bertz CT molecular complexity index is 307. The van der Waals surface area contributed by atoms with Crippen molar-refractivity contribution in [2.45, 2.75) is 46.5 Å². The molecule has 4 heteroatoms. The van der Waals surface area contributed by atoms with Crippen LogP contribution in [0.4, 0.5) is 10.8 Å². The van der Waals surface area contributed by atoms with Gasteiger partial charge < -0.3 is 11.1 Å². The summed E-state index contributed by atoms with van der Waals surface area (Å²) in [6.45, 7) is 7.84. The van der Waals surface area contributed by atoms with Gasteiger partial charge in [0.05, 0.1) is 0 Å². The first kappa shape index (κ1) is 13.3. The predicted octanol–water partition coefficient (Wildman–Crippen LogP) is 3.74. The maximum Gasteiger partial charge on any atom is 0.139 e. The zero-order chi connectivity index (χ0) is 12.0. The minimum atomic E-state index is 0.341. The summed E-state index contributed by atoms with van der Waals surface area (Å²) >= 11 is 1.43. The lowest BCUT2D eigenvalue weighted by atomic mass is 9.87. The van der Waals surface area contributed by atoms with Crippen molar-refractivity contribution in [2.24, 2.45) is 5.41 Å². The standard InChI is InChI=1S/C12H23N3S/c1-4-5-6-7-12(2,3)9-14-11-8-10(13)15-16-11/h8,14H,4-7,9H2,1-3H3,(H2,13,15). The third-order valence-corrected chi connectivity index (χ3v) is 3.49. The molecule has 0 saturated carbocycles. The molecule has 0 saturated heterocycles. The first-order chi connectivity index (χ1) is 7.53. The van der Waals surface area contributed by atoms with Gasteiger partial charge in [0, 0.05) is 12.6 Å². The minimum Gasteiger partial charge on any atom is -0.383 e. The second-order valence-electron chi connectivity index (χ2n) is 5.09. The highest BCUT2D eigenvalue weighted by Gasteiger charge is 2.17. The van der Waals surface area contributed by atoms with E-state index < -0.39 is 0 Å². The molecule has 3 nitrogen and oxygen atoms in total. The smallest absolute Gasteiger partial charge is 0.139 e. The Morgan fingerprint density at radius 1 is 1.44 bits per heavy atom. The van der Waals surface area contributed by atoms with Gasteiger partial charge in [0.2, 0.25) is 0 Å². The minimum absolute atomic E-state index is 0.341. The summed E-state index contributed by atoms with van der Waals surface area (Å²) < 4.78 is 4.05. The van der Waals surface area contributed by atoms with Crippen molar-refractivity contribution in [1.82, 2.24) is 4.37 Å². The number of nitrogens with one attached hydrogen (secondary N) is 1. The molecule has 1 aromatic rings. The number of hydrogen-bond acceptors (Lipinski definition) is 4. The van der Waals surface area contributed by atoms with E-state index in [0.29, 0.717) is 11.2 Å². The molecule has 1 rings (SSSR count). The van der Waals surface area contributed by atoms with Gasteiger partial charge in [-0.2, -0.15) is 4.37 Å². The monoisotopic (exact) mass is 241 g/mol. The van der Waals surface area contributed by atoms with Crippen LogP contribution in [0.1, 0.15) is 46.5 Å². The van der Waals surface area contributed by atoms with Crippen LogP contribution in [0.25, 0.3) is 0 Å². The number of nitrogen functional groups attached to an aromatic ring is 1. The Morgan fingerprint density at radius 2 is 2.19 bits per heavy atom. The fourth-order valence-electron chi connectivity index (χ4n) is 1.64. The van der Waals surface area contributed by atoms with E-state index >= 15 is 0 Å². The van der Waals surface area contributed by atoms with E-state index in [0.717, 1.165) is 11.5 Å². The third-order valence-electron chi connectivity index (χ3n) is 2.73. The van der Waals surface area contributed by atoms with Crippen LogP contribution in [0.5, 0.6) is 0 Å². The van der Waals surface area contributed by atoms with E-state index in [2.05, 4.69) is 30.5 Å². The molecule has 0 radical (unpaired) electrons. The summed E-state index contributed by atoms with van der Waals surface area (Å²) in [6, 6.07) is 1.90. The molecule has 0 unspecified atom stereocenters. The van der Waals surface area contributed by atoms with Crippen molar-refractivity contribution < 1.29 is 0 Å². The van der Waals surface area contributed by atoms with Gasteiger partial charge in [0.1, 0.15) is 10.8 Å². The van der Waals surface area contributed by atoms with E-state index in [1.165, 1.54) is 37.2 Å². The van der Waals surface area contributed by atoms with Crippen LogP contribution >= 0.6 is 11.5 Å². The van der Waals surface area contributed by atoms with Gasteiger partial charge in [-0.05, 0) is 23.4 Å². The van der Waals surface area contributed by atoms with Crippen LogP contribution in [-0.4, -0.2) is 10.9 Å². The molecular weight excluding hydrogens is 218 g/mol. The number of aromatic nitrogens is 1. The van der Waals surface area contributed by atoms with Gasteiger partial charge in [-0.25, -0.2) is 0 Å². The number of unbranched alkanes of at least 4 members (excludes halogenated alkanes) is 2. The molecule has 0 amide bonds. The number of hydrogen-bond donors (Lipinski definition) is 2. The summed E-state index contributed by atoms with van der Waals surface area (Å²) in [5.41, 5.74) is 5.92. The molecule has 0 spiro atoms. The van der Waals surface area contributed by atoms with Crippen molar-refractivity contribution >= 4 is 22.4 Å². The van der Waals surface area contributed by atoms with E-state index in [4.69, 9.17) is 5.73 Å². The molecule has 0 aromatic carbocycles. The van der Waals surface area contributed by atoms with Gasteiger partial charge >= 0.3 is 0 Å². The van der Waals surface area contributed by atoms with Gasteiger partial charge in [-0.1, -0.05) is 40.0 Å². The Kier molecular flexibility index (Phi) is 5.06. The summed E-state index contributed by atoms with van der Waals surface area (Å²) in [5.74, 6) is 0.608. The molecule has 0 fully saturated rings. The van der Waals surface area contributed by atoms with E-state index in [1.807, 2.05) is 6.07 Å². The Labute approximate surface area is 103 Å². The summed E-state index contributed by atoms with van der Waals surface area (Å²) in [4.78, 5) is 0. The number of nitrogens with two attached hydrogens (primary N) is 1. The molecule has 0 atom stereocenters. The molecular formula is C12H23N3S. The fourth-order valence-corrected chi connectivity index (χ4v) is 2.21. The second-order valence-corrected chi connectivity index (χ2v) is 5.90. The second kappa shape index (κ2) is 6.09. The third kappa shape index (κ3) is 4.84. The highest BCUT2D eigenvalue weighted by Crippen LogP contribution is 2.26. The molecule has 0 aliphatic carbocycles. The lowest BCUT2D eigenvalue weighted by Crippen LogP contribution is -2.22. The lowest BCUT2D eigenvalue weighted by Gasteiger charge is -2.24.